The van der Waals surface area contributed by atoms with E-state index in [0.717, 1.165) is 6.42 Å². The van der Waals surface area contributed by atoms with E-state index in [1.165, 1.54) is 6.92 Å². The molecule has 16 heavy (non-hydrogen) atoms. The molecule has 2 saturated heterocycles. The summed E-state index contributed by atoms with van der Waals surface area (Å²) in [5.41, 5.74) is -1.72. The molecule has 2 aliphatic rings. The molecule has 1 unspecified atom stereocenters. The summed E-state index contributed by atoms with van der Waals surface area (Å²) in [5, 5.41) is 18.5. The van der Waals surface area contributed by atoms with Crippen molar-refractivity contribution in [2.45, 2.75) is 24.7 Å². The van der Waals surface area contributed by atoms with Crippen LogP contribution in [0.1, 0.15) is 13.3 Å². The van der Waals surface area contributed by atoms with E-state index in [2.05, 4.69) is 0 Å². The number of ether oxygens (including phenoxy) is 2. The topological polar surface area (TPSA) is 79.2 Å². The Morgan fingerprint density at radius 3 is 2.69 bits per heavy atom. The molecule has 2 heterocycles. The number of β-amino-alcohol motifs (C(OH)–C–C–N with tert-alkyl or cyclic N) is 1. The molecule has 1 spiro atoms. The van der Waals surface area contributed by atoms with Crippen LogP contribution in [0.3, 0.4) is 0 Å². The number of likely N-dealkylation sites (tertiary alicyclic amines) is 1. The minimum absolute atomic E-state index is 0.0941. The van der Waals surface area contributed by atoms with E-state index in [1.54, 1.807) is 0 Å². The second kappa shape index (κ2) is 3.96. The Hall–Kier alpha value is -0.690. The summed E-state index contributed by atoms with van der Waals surface area (Å²) in [6.45, 7) is 3.78. The van der Waals surface area contributed by atoms with Crippen molar-refractivity contribution < 1.29 is 24.5 Å². The Bertz CT molecular complexity index is 285. The van der Waals surface area contributed by atoms with Crippen LogP contribution in [0, 0.1) is 0 Å². The first kappa shape index (κ1) is 11.8. The number of aliphatic carboxylic acids is 1. The number of hydrogen-bond donors (Lipinski definition) is 2. The van der Waals surface area contributed by atoms with Gasteiger partial charge < -0.3 is 19.7 Å². The molecule has 0 radical (unpaired) electrons. The van der Waals surface area contributed by atoms with Crippen molar-refractivity contribution in [3.63, 3.8) is 0 Å². The summed E-state index contributed by atoms with van der Waals surface area (Å²) >= 11 is 0. The van der Waals surface area contributed by atoms with Gasteiger partial charge in [-0.1, -0.05) is 0 Å². The number of hydrogen-bond acceptors (Lipinski definition) is 5. The Morgan fingerprint density at radius 1 is 1.50 bits per heavy atom. The standard InChI is InChI=1S/C10H17NO5/c1-9(14,8(12)13)6-11-3-2-10(7-11)15-4-5-16-10/h14H,2-7H2,1H3,(H,12,13). The van der Waals surface area contributed by atoms with Gasteiger partial charge in [0.1, 0.15) is 0 Å². The third kappa shape index (κ3) is 2.20. The lowest BCUT2D eigenvalue weighted by atomic mass is 10.1. The number of aliphatic hydroxyl groups is 1. The van der Waals surface area contributed by atoms with Crippen LogP contribution in [0.4, 0.5) is 0 Å². The number of carboxylic acid groups (broad SMARTS) is 1. The summed E-state index contributed by atoms with van der Waals surface area (Å²) in [5.74, 6) is -1.77. The first-order valence-electron chi connectivity index (χ1n) is 5.40. The van der Waals surface area contributed by atoms with Crippen LogP contribution >= 0.6 is 0 Å². The summed E-state index contributed by atoms with van der Waals surface area (Å²) in [4.78, 5) is 12.6. The van der Waals surface area contributed by atoms with Crippen molar-refractivity contribution in [1.29, 1.82) is 0 Å². The third-order valence-electron chi connectivity index (χ3n) is 3.08. The molecule has 1 atom stereocenters. The van der Waals surface area contributed by atoms with E-state index < -0.39 is 17.4 Å². The van der Waals surface area contributed by atoms with Gasteiger partial charge in [0.15, 0.2) is 11.4 Å². The number of rotatable bonds is 3. The fourth-order valence-electron chi connectivity index (χ4n) is 2.20. The highest BCUT2D eigenvalue weighted by atomic mass is 16.7. The molecule has 2 rings (SSSR count). The zero-order chi connectivity index (χ0) is 11.8. The molecule has 0 saturated carbocycles. The first-order chi connectivity index (χ1) is 7.44. The van der Waals surface area contributed by atoms with Crippen LogP contribution in [0.5, 0.6) is 0 Å². The van der Waals surface area contributed by atoms with Crippen LogP contribution in [-0.2, 0) is 14.3 Å². The number of carbonyl (C=O) groups is 1. The van der Waals surface area contributed by atoms with E-state index >= 15 is 0 Å². The monoisotopic (exact) mass is 231 g/mol. The maximum absolute atomic E-state index is 10.8. The van der Waals surface area contributed by atoms with Crippen molar-refractivity contribution in [3.8, 4) is 0 Å². The molecule has 0 amide bonds. The van der Waals surface area contributed by atoms with Crippen molar-refractivity contribution in [2.24, 2.45) is 0 Å². The predicted octanol–water partition coefficient (Wildman–Crippen LogP) is -0.729. The highest BCUT2D eigenvalue weighted by Crippen LogP contribution is 2.31. The maximum Gasteiger partial charge on any atom is 0.336 e. The molecule has 0 aromatic heterocycles. The van der Waals surface area contributed by atoms with Crippen molar-refractivity contribution >= 4 is 5.97 Å². The fraction of sp³-hybridized carbons (Fsp3) is 0.900. The van der Waals surface area contributed by atoms with Gasteiger partial charge in [-0.2, -0.15) is 0 Å². The van der Waals surface area contributed by atoms with Crippen molar-refractivity contribution in [2.75, 3.05) is 32.8 Å². The minimum atomic E-state index is -1.72. The van der Waals surface area contributed by atoms with Crippen LogP contribution in [0.2, 0.25) is 0 Å². The first-order valence-corrected chi connectivity index (χ1v) is 5.40. The second-order valence-corrected chi connectivity index (χ2v) is 4.65. The van der Waals surface area contributed by atoms with E-state index in [-0.39, 0.29) is 6.54 Å². The van der Waals surface area contributed by atoms with Crippen LogP contribution < -0.4 is 0 Å². The molecule has 0 aromatic carbocycles. The molecule has 0 bridgehead atoms. The fourth-order valence-corrected chi connectivity index (χ4v) is 2.20. The highest BCUT2D eigenvalue weighted by molar-refractivity contribution is 5.76. The molecule has 6 nitrogen and oxygen atoms in total. The molecule has 92 valence electrons. The zero-order valence-electron chi connectivity index (χ0n) is 9.31. The summed E-state index contributed by atoms with van der Waals surface area (Å²) in [6.07, 6.45) is 0.725. The van der Waals surface area contributed by atoms with Gasteiger partial charge in [-0.25, -0.2) is 4.79 Å². The molecular weight excluding hydrogens is 214 g/mol. The molecule has 6 heteroatoms. The average Bonchev–Trinajstić information content (AvgIpc) is 2.77. The lowest BCUT2D eigenvalue weighted by Crippen LogP contribution is -2.47. The van der Waals surface area contributed by atoms with E-state index in [1.807, 2.05) is 4.90 Å². The Kier molecular flexibility index (Phi) is 2.91. The van der Waals surface area contributed by atoms with E-state index in [9.17, 15) is 9.90 Å². The highest BCUT2D eigenvalue weighted by Gasteiger charge is 2.45. The van der Waals surface area contributed by atoms with Gasteiger partial charge in [0.05, 0.1) is 19.8 Å². The quantitative estimate of drug-likeness (QED) is 0.666. The van der Waals surface area contributed by atoms with Crippen LogP contribution in [0.25, 0.3) is 0 Å². The number of nitrogens with zero attached hydrogens (tertiary/aromatic N) is 1. The second-order valence-electron chi connectivity index (χ2n) is 4.65. The predicted molar refractivity (Wildman–Crippen MR) is 54.0 cm³/mol. The van der Waals surface area contributed by atoms with Gasteiger partial charge in [-0.3, -0.25) is 4.90 Å². The SMILES string of the molecule is CC(O)(CN1CCC2(C1)OCCO2)C(=O)O. The molecule has 0 aliphatic carbocycles. The largest absolute Gasteiger partial charge is 0.479 e. The van der Waals surface area contributed by atoms with Crippen LogP contribution in [-0.4, -0.2) is 65.3 Å². The lowest BCUT2D eigenvalue weighted by Gasteiger charge is -2.26. The Morgan fingerprint density at radius 2 is 2.12 bits per heavy atom. The Labute approximate surface area is 93.7 Å². The van der Waals surface area contributed by atoms with Gasteiger partial charge >= 0.3 is 5.97 Å². The van der Waals surface area contributed by atoms with E-state index in [4.69, 9.17) is 14.6 Å². The smallest absolute Gasteiger partial charge is 0.336 e. The van der Waals surface area contributed by atoms with Gasteiger partial charge in [0, 0.05) is 19.5 Å². The maximum atomic E-state index is 10.8. The van der Waals surface area contributed by atoms with Gasteiger partial charge in [0.2, 0.25) is 0 Å². The molecular formula is C10H17NO5. The molecule has 2 aliphatic heterocycles. The number of carboxylic acids is 1. The molecule has 0 aromatic rings. The normalized spacial score (nSPS) is 28.4. The summed E-state index contributed by atoms with van der Waals surface area (Å²) in [7, 11) is 0. The zero-order valence-corrected chi connectivity index (χ0v) is 9.31. The van der Waals surface area contributed by atoms with Gasteiger partial charge in [0.25, 0.3) is 0 Å². The molecule has 2 fully saturated rings. The minimum Gasteiger partial charge on any atom is -0.479 e. The van der Waals surface area contributed by atoms with Crippen molar-refractivity contribution in [3.05, 3.63) is 0 Å². The van der Waals surface area contributed by atoms with Crippen LogP contribution in [0.15, 0.2) is 0 Å². The lowest BCUT2D eigenvalue weighted by molar-refractivity contribution is -0.161. The van der Waals surface area contributed by atoms with Crippen molar-refractivity contribution in [1.82, 2.24) is 4.90 Å². The summed E-state index contributed by atoms with van der Waals surface area (Å²) in [6, 6.07) is 0. The Balaban J connectivity index is 1.92. The average molecular weight is 231 g/mol. The van der Waals surface area contributed by atoms with E-state index in [0.29, 0.717) is 26.3 Å². The van der Waals surface area contributed by atoms with Gasteiger partial charge in [-0.05, 0) is 6.92 Å². The third-order valence-corrected chi connectivity index (χ3v) is 3.08. The van der Waals surface area contributed by atoms with Gasteiger partial charge in [-0.15, -0.1) is 0 Å². The molecule has 2 N–H and O–H groups in total. The summed E-state index contributed by atoms with van der Waals surface area (Å²) < 4.78 is 11.0.